The van der Waals surface area contributed by atoms with Gasteiger partial charge in [0.2, 0.25) is 0 Å². The summed E-state index contributed by atoms with van der Waals surface area (Å²) in [5.74, 6) is 0. The standard InChI is InChI=1S/C8H18N2.ClH/c1-4-10-7(2)5-9-6-8(10)3;/h7-9H,4-6H2,1-3H3;1H. The Kier molecular flexibility index (Phi) is 5.06. The maximum Gasteiger partial charge on any atom is 0.0195 e. The lowest BCUT2D eigenvalue weighted by atomic mass is 10.1. The summed E-state index contributed by atoms with van der Waals surface area (Å²) in [4.78, 5) is 2.54. The van der Waals surface area contributed by atoms with E-state index in [-0.39, 0.29) is 12.4 Å². The lowest BCUT2D eigenvalue weighted by Crippen LogP contribution is -2.54. The molecular weight excluding hydrogens is 160 g/mol. The van der Waals surface area contributed by atoms with Gasteiger partial charge in [-0.15, -0.1) is 12.4 Å². The normalized spacial score (nSPS) is 33.0. The largest absolute Gasteiger partial charge is 0.314 e. The Morgan fingerprint density at radius 3 is 2.00 bits per heavy atom. The fourth-order valence-electron chi connectivity index (χ4n) is 1.79. The molecule has 11 heavy (non-hydrogen) atoms. The van der Waals surface area contributed by atoms with Gasteiger partial charge in [0.25, 0.3) is 0 Å². The molecule has 2 nitrogen and oxygen atoms in total. The van der Waals surface area contributed by atoms with E-state index in [0.717, 1.165) is 13.1 Å². The minimum Gasteiger partial charge on any atom is -0.314 e. The second-order valence-electron chi connectivity index (χ2n) is 3.19. The topological polar surface area (TPSA) is 15.3 Å². The molecule has 1 aliphatic heterocycles. The van der Waals surface area contributed by atoms with Crippen LogP contribution in [0.25, 0.3) is 0 Å². The van der Waals surface area contributed by atoms with Gasteiger partial charge in [0.15, 0.2) is 0 Å². The van der Waals surface area contributed by atoms with Crippen LogP contribution in [0.5, 0.6) is 0 Å². The van der Waals surface area contributed by atoms with Gasteiger partial charge in [-0.2, -0.15) is 0 Å². The Morgan fingerprint density at radius 1 is 1.27 bits per heavy atom. The lowest BCUT2D eigenvalue weighted by Gasteiger charge is -2.38. The van der Waals surface area contributed by atoms with E-state index in [4.69, 9.17) is 0 Å². The summed E-state index contributed by atoms with van der Waals surface area (Å²) >= 11 is 0. The summed E-state index contributed by atoms with van der Waals surface area (Å²) in [6.07, 6.45) is 0. The molecule has 1 N–H and O–H groups in total. The van der Waals surface area contributed by atoms with Crippen LogP contribution in [-0.2, 0) is 0 Å². The molecule has 0 aromatic carbocycles. The first-order valence-electron chi connectivity index (χ1n) is 4.22. The van der Waals surface area contributed by atoms with E-state index < -0.39 is 0 Å². The average molecular weight is 179 g/mol. The Hall–Kier alpha value is 0.210. The molecule has 0 aromatic rings. The van der Waals surface area contributed by atoms with Gasteiger partial charge in [0.1, 0.15) is 0 Å². The number of likely N-dealkylation sites (N-methyl/N-ethyl adjacent to an activating group) is 1. The monoisotopic (exact) mass is 178 g/mol. The second-order valence-corrected chi connectivity index (χ2v) is 3.19. The quantitative estimate of drug-likeness (QED) is 0.648. The van der Waals surface area contributed by atoms with E-state index in [0.29, 0.717) is 12.1 Å². The van der Waals surface area contributed by atoms with Crippen LogP contribution in [-0.4, -0.2) is 36.6 Å². The van der Waals surface area contributed by atoms with E-state index in [2.05, 4.69) is 31.0 Å². The highest BCUT2D eigenvalue weighted by Gasteiger charge is 2.21. The molecule has 1 fully saturated rings. The van der Waals surface area contributed by atoms with E-state index >= 15 is 0 Å². The minimum absolute atomic E-state index is 0. The smallest absolute Gasteiger partial charge is 0.0195 e. The Morgan fingerprint density at radius 2 is 1.73 bits per heavy atom. The molecule has 0 bridgehead atoms. The van der Waals surface area contributed by atoms with Crippen molar-refractivity contribution in [3.63, 3.8) is 0 Å². The molecular formula is C8H19ClN2. The number of rotatable bonds is 1. The van der Waals surface area contributed by atoms with E-state index in [1.807, 2.05) is 0 Å². The van der Waals surface area contributed by atoms with Gasteiger partial charge in [-0.1, -0.05) is 6.92 Å². The van der Waals surface area contributed by atoms with Crippen LogP contribution in [0.4, 0.5) is 0 Å². The SMILES string of the molecule is CCN1C(C)CNCC1C.Cl. The van der Waals surface area contributed by atoms with Crippen LogP contribution < -0.4 is 5.32 Å². The summed E-state index contributed by atoms with van der Waals surface area (Å²) in [6, 6.07) is 1.43. The number of hydrogen-bond acceptors (Lipinski definition) is 2. The van der Waals surface area contributed by atoms with Gasteiger partial charge in [-0.05, 0) is 20.4 Å². The summed E-state index contributed by atoms with van der Waals surface area (Å²) in [5.41, 5.74) is 0. The molecule has 0 amide bonds. The molecule has 3 heteroatoms. The summed E-state index contributed by atoms with van der Waals surface area (Å²) < 4.78 is 0. The van der Waals surface area contributed by atoms with Gasteiger partial charge < -0.3 is 5.32 Å². The number of hydrogen-bond donors (Lipinski definition) is 1. The van der Waals surface area contributed by atoms with Crippen LogP contribution in [0.15, 0.2) is 0 Å². The zero-order valence-electron chi connectivity index (χ0n) is 7.63. The number of nitrogens with one attached hydrogen (secondary N) is 1. The highest BCUT2D eigenvalue weighted by atomic mass is 35.5. The van der Waals surface area contributed by atoms with Crippen LogP contribution in [0.3, 0.4) is 0 Å². The fraction of sp³-hybridized carbons (Fsp3) is 1.00. The zero-order chi connectivity index (χ0) is 7.56. The maximum absolute atomic E-state index is 3.41. The molecule has 0 radical (unpaired) electrons. The Labute approximate surface area is 75.8 Å². The summed E-state index contributed by atoms with van der Waals surface area (Å²) in [6.45, 7) is 10.3. The highest BCUT2D eigenvalue weighted by Crippen LogP contribution is 2.07. The van der Waals surface area contributed by atoms with Crippen molar-refractivity contribution in [1.29, 1.82) is 0 Å². The van der Waals surface area contributed by atoms with Crippen molar-refractivity contribution in [2.45, 2.75) is 32.9 Å². The summed E-state index contributed by atoms with van der Waals surface area (Å²) in [5, 5.41) is 3.41. The van der Waals surface area contributed by atoms with Crippen LogP contribution >= 0.6 is 12.4 Å². The maximum atomic E-state index is 3.41. The van der Waals surface area contributed by atoms with Gasteiger partial charge in [0, 0.05) is 25.2 Å². The molecule has 1 saturated heterocycles. The average Bonchev–Trinajstić information content (AvgIpc) is 1.88. The third-order valence-electron chi connectivity index (χ3n) is 2.38. The Balaban J connectivity index is 0.000001000. The molecule has 0 aliphatic carbocycles. The number of nitrogens with zero attached hydrogens (tertiary/aromatic N) is 1. The molecule has 0 aromatic heterocycles. The molecule has 68 valence electrons. The molecule has 2 unspecified atom stereocenters. The van der Waals surface area contributed by atoms with E-state index in [1.54, 1.807) is 0 Å². The van der Waals surface area contributed by atoms with Crippen molar-refractivity contribution < 1.29 is 0 Å². The van der Waals surface area contributed by atoms with Crippen molar-refractivity contribution in [2.75, 3.05) is 19.6 Å². The van der Waals surface area contributed by atoms with Crippen LogP contribution in [0.1, 0.15) is 20.8 Å². The first-order chi connectivity index (χ1) is 4.75. The molecule has 0 saturated carbocycles. The fourth-order valence-corrected chi connectivity index (χ4v) is 1.79. The third-order valence-corrected chi connectivity index (χ3v) is 2.38. The number of halogens is 1. The zero-order valence-corrected chi connectivity index (χ0v) is 8.45. The predicted octanol–water partition coefficient (Wildman–Crippen LogP) is 1.11. The summed E-state index contributed by atoms with van der Waals surface area (Å²) in [7, 11) is 0. The van der Waals surface area contributed by atoms with Crippen LogP contribution in [0, 0.1) is 0 Å². The molecule has 1 rings (SSSR count). The van der Waals surface area contributed by atoms with Crippen molar-refractivity contribution in [3.05, 3.63) is 0 Å². The second kappa shape index (κ2) is 4.96. The van der Waals surface area contributed by atoms with Gasteiger partial charge in [-0.3, -0.25) is 4.90 Å². The van der Waals surface area contributed by atoms with Crippen molar-refractivity contribution >= 4 is 12.4 Å². The first kappa shape index (κ1) is 11.2. The van der Waals surface area contributed by atoms with Crippen molar-refractivity contribution in [2.24, 2.45) is 0 Å². The molecule has 2 atom stereocenters. The molecule has 1 heterocycles. The van der Waals surface area contributed by atoms with Crippen molar-refractivity contribution in [1.82, 2.24) is 10.2 Å². The predicted molar refractivity (Wildman–Crippen MR) is 51.4 cm³/mol. The van der Waals surface area contributed by atoms with Crippen molar-refractivity contribution in [3.8, 4) is 0 Å². The molecule has 0 spiro atoms. The Bertz CT molecular complexity index is 98.3. The van der Waals surface area contributed by atoms with E-state index in [9.17, 15) is 0 Å². The highest BCUT2D eigenvalue weighted by molar-refractivity contribution is 5.85. The minimum atomic E-state index is 0. The lowest BCUT2D eigenvalue weighted by molar-refractivity contribution is 0.124. The van der Waals surface area contributed by atoms with Gasteiger partial charge in [0.05, 0.1) is 0 Å². The van der Waals surface area contributed by atoms with Gasteiger partial charge >= 0.3 is 0 Å². The van der Waals surface area contributed by atoms with E-state index in [1.165, 1.54) is 6.54 Å². The first-order valence-corrected chi connectivity index (χ1v) is 4.22. The number of piperazine rings is 1. The third kappa shape index (κ3) is 2.62. The molecule has 1 aliphatic rings. The van der Waals surface area contributed by atoms with Crippen LogP contribution in [0.2, 0.25) is 0 Å². The van der Waals surface area contributed by atoms with Gasteiger partial charge in [-0.25, -0.2) is 0 Å².